The number of amides is 2. The molecule has 2 rings (SSSR count). The summed E-state index contributed by atoms with van der Waals surface area (Å²) in [5.74, 6) is -0.482. The molecule has 1 aliphatic heterocycles. The molecule has 0 radical (unpaired) electrons. The fourth-order valence-corrected chi connectivity index (χ4v) is 3.50. The number of nitrogens with one attached hydrogen (secondary N) is 1. The molecule has 5 N–H and O–H groups in total. The summed E-state index contributed by atoms with van der Waals surface area (Å²) in [7, 11) is 0. The molecule has 6 nitrogen and oxygen atoms in total. The zero-order valence-electron chi connectivity index (χ0n) is 9.94. The number of hydrogen-bond acceptors (Lipinski definition) is 5. The average Bonchev–Trinajstić information content (AvgIpc) is 2.67. The Morgan fingerprint density at radius 1 is 1.56 bits per heavy atom. The maximum absolute atomic E-state index is 11.5. The highest BCUT2D eigenvalue weighted by atomic mass is 32.1. The van der Waals surface area contributed by atoms with Gasteiger partial charge in [0.15, 0.2) is 0 Å². The van der Waals surface area contributed by atoms with Crippen LogP contribution in [0.4, 0.5) is 5.00 Å². The molecule has 7 heteroatoms. The highest BCUT2D eigenvalue weighted by Crippen LogP contribution is 2.36. The van der Waals surface area contributed by atoms with Crippen molar-refractivity contribution in [2.75, 3.05) is 25.0 Å². The summed E-state index contributed by atoms with van der Waals surface area (Å²) in [5, 5.41) is 3.11. The Hall–Kier alpha value is -1.44. The smallest absolute Gasteiger partial charge is 0.251 e. The molecule has 18 heavy (non-hydrogen) atoms. The Morgan fingerprint density at radius 2 is 2.33 bits per heavy atom. The Bertz CT molecular complexity index is 472. The monoisotopic (exact) mass is 268 g/mol. The molecule has 0 unspecified atom stereocenters. The summed E-state index contributed by atoms with van der Waals surface area (Å²) >= 11 is 1.42. The minimum atomic E-state index is -0.482. The molecule has 1 aromatic rings. The van der Waals surface area contributed by atoms with Gasteiger partial charge in [0, 0.05) is 31.1 Å². The number of thiophene rings is 1. The van der Waals surface area contributed by atoms with Gasteiger partial charge in [-0.25, -0.2) is 0 Å². The number of rotatable bonds is 5. The van der Waals surface area contributed by atoms with Crippen LogP contribution in [-0.2, 0) is 17.8 Å². The van der Waals surface area contributed by atoms with Gasteiger partial charge < -0.3 is 16.8 Å². The second-order valence-electron chi connectivity index (χ2n) is 4.15. The fraction of sp³-hybridized carbons (Fsp3) is 0.455. The van der Waals surface area contributed by atoms with Crippen LogP contribution in [0.5, 0.6) is 0 Å². The third-order valence-corrected chi connectivity index (χ3v) is 4.17. The fourth-order valence-electron chi connectivity index (χ4n) is 2.25. The van der Waals surface area contributed by atoms with Crippen LogP contribution in [0.1, 0.15) is 20.8 Å². The second kappa shape index (κ2) is 5.47. The summed E-state index contributed by atoms with van der Waals surface area (Å²) in [6.07, 6.45) is 1.34. The first-order valence-corrected chi connectivity index (χ1v) is 6.56. The quantitative estimate of drug-likeness (QED) is 0.640. The van der Waals surface area contributed by atoms with Crippen molar-refractivity contribution in [1.82, 2.24) is 4.90 Å². The van der Waals surface area contributed by atoms with E-state index in [9.17, 15) is 9.59 Å². The largest absolute Gasteiger partial charge is 0.365 e. The minimum absolute atomic E-state index is 0.467. The van der Waals surface area contributed by atoms with Crippen LogP contribution in [0.15, 0.2) is 0 Å². The van der Waals surface area contributed by atoms with Crippen molar-refractivity contribution in [3.8, 4) is 0 Å². The number of carbonyl (C=O) groups excluding carboxylic acids is 2. The van der Waals surface area contributed by atoms with Gasteiger partial charge in [0.05, 0.1) is 5.56 Å². The second-order valence-corrected chi connectivity index (χ2v) is 5.25. The van der Waals surface area contributed by atoms with E-state index >= 15 is 0 Å². The number of primary amides is 1. The van der Waals surface area contributed by atoms with E-state index < -0.39 is 5.91 Å². The standard InChI is InChI=1S/C11H16N4O2S/c12-2-4-15-3-1-7-8(5-15)18-11(14-6-16)9(7)10(13)17/h6H,1-5,12H2,(H2,13,17)(H,14,16). The molecule has 1 aliphatic rings. The highest BCUT2D eigenvalue weighted by molar-refractivity contribution is 7.16. The van der Waals surface area contributed by atoms with E-state index in [-0.39, 0.29) is 0 Å². The predicted molar refractivity (Wildman–Crippen MR) is 70.6 cm³/mol. The molecule has 98 valence electrons. The number of carbonyl (C=O) groups is 2. The maximum Gasteiger partial charge on any atom is 0.251 e. The van der Waals surface area contributed by atoms with Gasteiger partial charge in [0.25, 0.3) is 5.91 Å². The molecule has 2 heterocycles. The van der Waals surface area contributed by atoms with Crippen LogP contribution in [-0.4, -0.2) is 36.9 Å². The van der Waals surface area contributed by atoms with Gasteiger partial charge in [0.1, 0.15) is 5.00 Å². The Balaban J connectivity index is 2.32. The predicted octanol–water partition coefficient (Wildman–Crippen LogP) is -0.268. The Labute approximate surface area is 109 Å². The lowest BCUT2D eigenvalue weighted by Gasteiger charge is -2.26. The topological polar surface area (TPSA) is 101 Å². The van der Waals surface area contributed by atoms with Gasteiger partial charge in [-0.05, 0) is 12.0 Å². The van der Waals surface area contributed by atoms with Crippen LogP contribution in [0.3, 0.4) is 0 Å². The third-order valence-electron chi connectivity index (χ3n) is 3.02. The molecule has 0 spiro atoms. The molecule has 0 bridgehead atoms. The normalized spacial score (nSPS) is 15.2. The summed E-state index contributed by atoms with van der Waals surface area (Å²) in [5.41, 5.74) is 12.4. The van der Waals surface area contributed by atoms with Gasteiger partial charge in [-0.2, -0.15) is 0 Å². The van der Waals surface area contributed by atoms with Crippen LogP contribution in [0.25, 0.3) is 0 Å². The molecule has 0 atom stereocenters. The van der Waals surface area contributed by atoms with Crippen LogP contribution in [0.2, 0.25) is 0 Å². The summed E-state index contributed by atoms with van der Waals surface area (Å²) in [4.78, 5) is 25.3. The first-order chi connectivity index (χ1) is 8.67. The lowest BCUT2D eigenvalue weighted by atomic mass is 10.0. The number of anilines is 1. The first kappa shape index (κ1) is 13.0. The zero-order chi connectivity index (χ0) is 13.1. The molecule has 0 saturated heterocycles. The van der Waals surface area contributed by atoms with E-state index in [4.69, 9.17) is 11.5 Å². The van der Waals surface area contributed by atoms with Crippen molar-refractivity contribution in [2.45, 2.75) is 13.0 Å². The van der Waals surface area contributed by atoms with Gasteiger partial charge in [-0.15, -0.1) is 11.3 Å². The average molecular weight is 268 g/mol. The maximum atomic E-state index is 11.5. The molecule has 0 aliphatic carbocycles. The van der Waals surface area contributed by atoms with Crippen molar-refractivity contribution >= 4 is 28.7 Å². The van der Waals surface area contributed by atoms with Crippen molar-refractivity contribution in [2.24, 2.45) is 11.5 Å². The first-order valence-electron chi connectivity index (χ1n) is 5.74. The van der Waals surface area contributed by atoms with E-state index in [2.05, 4.69) is 10.2 Å². The molecular weight excluding hydrogens is 252 g/mol. The summed E-state index contributed by atoms with van der Waals surface area (Å²) < 4.78 is 0. The van der Waals surface area contributed by atoms with Gasteiger partial charge in [0.2, 0.25) is 6.41 Å². The van der Waals surface area contributed by atoms with Crippen LogP contribution in [0, 0.1) is 0 Å². The molecule has 0 aromatic carbocycles. The minimum Gasteiger partial charge on any atom is -0.365 e. The molecule has 0 saturated carbocycles. The van der Waals surface area contributed by atoms with E-state index in [1.54, 1.807) is 0 Å². The lowest BCUT2D eigenvalue weighted by Crippen LogP contribution is -2.34. The molecule has 0 fully saturated rings. The number of nitrogens with two attached hydrogens (primary N) is 2. The Morgan fingerprint density at radius 3 is 2.94 bits per heavy atom. The third kappa shape index (κ3) is 2.38. The number of hydrogen-bond donors (Lipinski definition) is 3. The molecular formula is C11H16N4O2S. The van der Waals surface area contributed by atoms with E-state index in [0.29, 0.717) is 23.5 Å². The van der Waals surface area contributed by atoms with Crippen molar-refractivity contribution < 1.29 is 9.59 Å². The number of fused-ring (bicyclic) bond motifs is 1. The SMILES string of the molecule is NCCN1CCc2c(sc(NC=O)c2C(N)=O)C1. The van der Waals surface area contributed by atoms with Crippen LogP contribution >= 0.6 is 11.3 Å². The summed E-state index contributed by atoms with van der Waals surface area (Å²) in [6, 6.07) is 0. The lowest BCUT2D eigenvalue weighted by molar-refractivity contribution is -0.105. The Kier molecular flexibility index (Phi) is 3.95. The van der Waals surface area contributed by atoms with Gasteiger partial charge in [-0.3, -0.25) is 14.5 Å². The van der Waals surface area contributed by atoms with Crippen molar-refractivity contribution in [1.29, 1.82) is 0 Å². The summed E-state index contributed by atoms with van der Waals surface area (Å²) in [6.45, 7) is 3.07. The van der Waals surface area contributed by atoms with Crippen LogP contribution < -0.4 is 16.8 Å². The van der Waals surface area contributed by atoms with E-state index in [1.807, 2.05) is 0 Å². The van der Waals surface area contributed by atoms with Crippen molar-refractivity contribution in [3.63, 3.8) is 0 Å². The zero-order valence-corrected chi connectivity index (χ0v) is 10.8. The number of nitrogens with zero attached hydrogens (tertiary/aromatic N) is 1. The van der Waals surface area contributed by atoms with Crippen molar-refractivity contribution in [3.05, 3.63) is 16.0 Å². The molecule has 1 aromatic heterocycles. The van der Waals surface area contributed by atoms with E-state index in [1.165, 1.54) is 11.3 Å². The molecule has 2 amide bonds. The van der Waals surface area contributed by atoms with E-state index in [0.717, 1.165) is 36.5 Å². The van der Waals surface area contributed by atoms with Gasteiger partial charge in [-0.1, -0.05) is 0 Å². The highest BCUT2D eigenvalue weighted by Gasteiger charge is 2.26. The van der Waals surface area contributed by atoms with Gasteiger partial charge >= 0.3 is 0 Å².